The highest BCUT2D eigenvalue weighted by Crippen LogP contribution is 2.32. The molecule has 0 aliphatic heterocycles. The van der Waals surface area contributed by atoms with E-state index in [1.54, 1.807) is 31.2 Å². The van der Waals surface area contributed by atoms with Crippen LogP contribution in [0.1, 0.15) is 5.56 Å². The number of rotatable bonds is 2. The lowest BCUT2D eigenvalue weighted by Gasteiger charge is -2.04. The van der Waals surface area contributed by atoms with Crippen LogP contribution in [0.25, 0.3) is 22.9 Å². The van der Waals surface area contributed by atoms with Crippen molar-refractivity contribution in [3.63, 3.8) is 0 Å². The molecular formula is C15H7F5N2O. The molecule has 0 saturated heterocycles. The number of nitrogens with zero attached hydrogens (tertiary/aromatic N) is 2. The lowest BCUT2D eigenvalue weighted by Crippen LogP contribution is -2.04. The smallest absolute Gasteiger partial charge is 0.254 e. The third kappa shape index (κ3) is 2.36. The van der Waals surface area contributed by atoms with Gasteiger partial charge in [0.2, 0.25) is 11.7 Å². The normalized spacial score (nSPS) is 11.0. The van der Waals surface area contributed by atoms with Gasteiger partial charge in [-0.05, 0) is 18.6 Å². The van der Waals surface area contributed by atoms with Gasteiger partial charge in [0, 0.05) is 5.56 Å². The molecule has 0 radical (unpaired) electrons. The Bertz CT molecular complexity index is 878. The average Bonchev–Trinajstić information content (AvgIpc) is 3.01. The van der Waals surface area contributed by atoms with E-state index < -0.39 is 40.5 Å². The summed E-state index contributed by atoms with van der Waals surface area (Å²) in [6, 6.07) is 6.77. The van der Waals surface area contributed by atoms with Crippen LogP contribution >= 0.6 is 0 Å². The Morgan fingerprint density at radius 2 is 1.26 bits per heavy atom. The zero-order chi connectivity index (χ0) is 16.7. The number of hydrogen-bond donors (Lipinski definition) is 0. The van der Waals surface area contributed by atoms with Gasteiger partial charge in [0.15, 0.2) is 23.3 Å². The monoisotopic (exact) mass is 326 g/mol. The first-order chi connectivity index (χ1) is 10.9. The zero-order valence-corrected chi connectivity index (χ0v) is 11.5. The molecule has 118 valence electrons. The molecule has 0 unspecified atom stereocenters. The summed E-state index contributed by atoms with van der Waals surface area (Å²) in [4.78, 5) is 0. The van der Waals surface area contributed by atoms with E-state index >= 15 is 0 Å². The second-order valence-corrected chi connectivity index (χ2v) is 4.67. The van der Waals surface area contributed by atoms with E-state index in [0.29, 0.717) is 5.56 Å². The molecule has 0 amide bonds. The molecular weight excluding hydrogens is 319 g/mol. The van der Waals surface area contributed by atoms with Crippen molar-refractivity contribution in [3.05, 3.63) is 58.9 Å². The molecule has 0 saturated carbocycles. The summed E-state index contributed by atoms with van der Waals surface area (Å²) in [5.74, 6) is -11.3. The predicted octanol–water partition coefficient (Wildman–Crippen LogP) is 4.41. The fourth-order valence-electron chi connectivity index (χ4n) is 2.04. The standard InChI is InChI=1S/C15H7F5N2O/c1-6-4-2-3-5-7(6)14-21-22-15(23-14)8-9(16)11(18)13(20)12(19)10(8)17/h2-5H,1H3. The van der Waals surface area contributed by atoms with E-state index in [4.69, 9.17) is 4.42 Å². The number of aromatic nitrogens is 2. The van der Waals surface area contributed by atoms with Crippen molar-refractivity contribution in [1.29, 1.82) is 0 Å². The first kappa shape index (κ1) is 15.1. The van der Waals surface area contributed by atoms with Crippen molar-refractivity contribution >= 4 is 0 Å². The fourth-order valence-corrected chi connectivity index (χ4v) is 2.04. The van der Waals surface area contributed by atoms with Crippen molar-refractivity contribution in [2.45, 2.75) is 6.92 Å². The van der Waals surface area contributed by atoms with Gasteiger partial charge < -0.3 is 4.42 Å². The highest BCUT2D eigenvalue weighted by molar-refractivity contribution is 5.61. The number of aryl methyl sites for hydroxylation is 1. The summed E-state index contributed by atoms with van der Waals surface area (Å²) in [5.41, 5.74) is -0.0380. The van der Waals surface area contributed by atoms with Crippen molar-refractivity contribution in [2.24, 2.45) is 0 Å². The van der Waals surface area contributed by atoms with Gasteiger partial charge in [-0.25, -0.2) is 22.0 Å². The van der Waals surface area contributed by atoms with E-state index in [1.807, 2.05) is 0 Å². The van der Waals surface area contributed by atoms with Gasteiger partial charge in [0.1, 0.15) is 5.56 Å². The maximum absolute atomic E-state index is 13.7. The molecule has 0 aliphatic rings. The van der Waals surface area contributed by atoms with Crippen LogP contribution in [0.3, 0.4) is 0 Å². The van der Waals surface area contributed by atoms with E-state index in [1.165, 1.54) is 0 Å². The molecule has 0 atom stereocenters. The molecule has 2 aromatic carbocycles. The molecule has 3 rings (SSSR count). The Labute approximate surface area is 126 Å². The molecule has 0 fully saturated rings. The summed E-state index contributed by atoms with van der Waals surface area (Å²) in [7, 11) is 0. The highest BCUT2D eigenvalue weighted by atomic mass is 19.2. The van der Waals surface area contributed by atoms with Crippen molar-refractivity contribution < 1.29 is 26.4 Å². The highest BCUT2D eigenvalue weighted by Gasteiger charge is 2.29. The van der Waals surface area contributed by atoms with Crippen LogP contribution in [0.2, 0.25) is 0 Å². The van der Waals surface area contributed by atoms with Crippen LogP contribution in [0, 0.1) is 36.0 Å². The molecule has 3 nitrogen and oxygen atoms in total. The third-order valence-corrected chi connectivity index (χ3v) is 3.22. The van der Waals surface area contributed by atoms with Crippen LogP contribution in [0.5, 0.6) is 0 Å². The van der Waals surface area contributed by atoms with Crippen LogP contribution in [-0.4, -0.2) is 10.2 Å². The molecule has 0 N–H and O–H groups in total. The maximum Gasteiger partial charge on any atom is 0.254 e. The topological polar surface area (TPSA) is 38.9 Å². The van der Waals surface area contributed by atoms with E-state index in [9.17, 15) is 22.0 Å². The second-order valence-electron chi connectivity index (χ2n) is 4.67. The molecule has 0 bridgehead atoms. The Balaban J connectivity index is 2.18. The molecule has 3 aromatic rings. The summed E-state index contributed by atoms with van der Waals surface area (Å²) in [5, 5.41) is 6.98. The van der Waals surface area contributed by atoms with Crippen molar-refractivity contribution in [1.82, 2.24) is 10.2 Å². The first-order valence-corrected chi connectivity index (χ1v) is 6.33. The van der Waals surface area contributed by atoms with Crippen LogP contribution in [0.4, 0.5) is 22.0 Å². The van der Waals surface area contributed by atoms with Crippen LogP contribution in [-0.2, 0) is 0 Å². The molecule has 0 aliphatic carbocycles. The van der Waals surface area contributed by atoms with E-state index in [0.717, 1.165) is 5.56 Å². The summed E-state index contributed by atoms with van der Waals surface area (Å²) in [6.45, 7) is 1.73. The summed E-state index contributed by atoms with van der Waals surface area (Å²) >= 11 is 0. The predicted molar refractivity (Wildman–Crippen MR) is 69.7 cm³/mol. The van der Waals surface area contributed by atoms with Gasteiger partial charge in [-0.2, -0.15) is 0 Å². The van der Waals surface area contributed by atoms with Gasteiger partial charge in [0.25, 0.3) is 5.89 Å². The lowest BCUT2D eigenvalue weighted by molar-refractivity contribution is 0.378. The Morgan fingerprint density at radius 1 is 0.739 bits per heavy atom. The third-order valence-electron chi connectivity index (χ3n) is 3.22. The first-order valence-electron chi connectivity index (χ1n) is 6.33. The van der Waals surface area contributed by atoms with Crippen LogP contribution < -0.4 is 0 Å². The minimum Gasteiger partial charge on any atom is -0.416 e. The van der Waals surface area contributed by atoms with Crippen molar-refractivity contribution in [2.75, 3.05) is 0 Å². The summed E-state index contributed by atoms with van der Waals surface area (Å²) < 4.78 is 72.1. The van der Waals surface area contributed by atoms with Crippen molar-refractivity contribution in [3.8, 4) is 22.9 Å². The molecule has 8 heteroatoms. The lowest BCUT2D eigenvalue weighted by atomic mass is 10.1. The Kier molecular flexibility index (Phi) is 3.59. The van der Waals surface area contributed by atoms with Gasteiger partial charge in [-0.3, -0.25) is 0 Å². The largest absolute Gasteiger partial charge is 0.416 e. The quantitative estimate of drug-likeness (QED) is 0.398. The zero-order valence-electron chi connectivity index (χ0n) is 11.5. The Morgan fingerprint density at radius 3 is 1.87 bits per heavy atom. The molecule has 23 heavy (non-hydrogen) atoms. The molecule has 1 heterocycles. The van der Waals surface area contributed by atoms with Gasteiger partial charge in [0.05, 0.1) is 0 Å². The number of hydrogen-bond acceptors (Lipinski definition) is 3. The van der Waals surface area contributed by atoms with Crippen LogP contribution in [0.15, 0.2) is 28.7 Å². The van der Waals surface area contributed by atoms with Gasteiger partial charge in [-0.1, -0.05) is 18.2 Å². The molecule has 0 spiro atoms. The average molecular weight is 326 g/mol. The summed E-state index contributed by atoms with van der Waals surface area (Å²) in [6.07, 6.45) is 0. The number of halogens is 5. The Hall–Kier alpha value is -2.77. The van der Waals surface area contributed by atoms with E-state index in [-0.39, 0.29) is 5.89 Å². The van der Waals surface area contributed by atoms with Gasteiger partial charge >= 0.3 is 0 Å². The minimum absolute atomic E-state index is 0.0953. The number of benzene rings is 2. The van der Waals surface area contributed by atoms with E-state index in [2.05, 4.69) is 10.2 Å². The maximum atomic E-state index is 13.7. The fraction of sp³-hybridized carbons (Fsp3) is 0.0667. The minimum atomic E-state index is -2.25. The molecule has 1 aromatic heterocycles. The SMILES string of the molecule is Cc1ccccc1-c1nnc(-c2c(F)c(F)c(F)c(F)c2F)o1. The van der Waals surface area contributed by atoms with Gasteiger partial charge in [-0.15, -0.1) is 10.2 Å². The second kappa shape index (κ2) is 5.45.